The summed E-state index contributed by atoms with van der Waals surface area (Å²) in [7, 11) is 0. The van der Waals surface area contributed by atoms with Gasteiger partial charge in [-0.15, -0.1) is 0 Å². The lowest BCUT2D eigenvalue weighted by molar-refractivity contribution is -0.130. The van der Waals surface area contributed by atoms with Crippen molar-refractivity contribution in [2.24, 2.45) is 5.92 Å². The fourth-order valence-corrected chi connectivity index (χ4v) is 1.63. The van der Waals surface area contributed by atoms with Gasteiger partial charge in [0.25, 0.3) is 6.47 Å². The van der Waals surface area contributed by atoms with Gasteiger partial charge in [-0.1, -0.05) is 13.0 Å². The number of hydrogen-bond donors (Lipinski definition) is 1. The Kier molecular flexibility index (Phi) is 4.34. The lowest BCUT2D eigenvalue weighted by Crippen LogP contribution is -2.30. The van der Waals surface area contributed by atoms with E-state index in [1.165, 1.54) is 0 Å². The highest BCUT2D eigenvalue weighted by Gasteiger charge is 2.24. The van der Waals surface area contributed by atoms with E-state index in [1.54, 1.807) is 6.92 Å². The average Bonchev–Trinajstić information content (AvgIpc) is 2.62. The Hall–Kier alpha value is -1.32. The van der Waals surface area contributed by atoms with Gasteiger partial charge < -0.3 is 10.1 Å². The van der Waals surface area contributed by atoms with Crippen LogP contribution in [0.15, 0.2) is 12.2 Å². The smallest absolute Gasteiger partial charge is 0.293 e. The van der Waals surface area contributed by atoms with E-state index in [4.69, 9.17) is 4.74 Å². The zero-order chi connectivity index (χ0) is 11.3. The zero-order valence-electron chi connectivity index (χ0n) is 9.10. The van der Waals surface area contributed by atoms with Crippen LogP contribution in [-0.2, 0) is 14.3 Å². The third-order valence-electron chi connectivity index (χ3n) is 2.62. The third-order valence-corrected chi connectivity index (χ3v) is 2.62. The molecule has 0 bridgehead atoms. The van der Waals surface area contributed by atoms with Gasteiger partial charge in [0, 0.05) is 12.5 Å². The van der Waals surface area contributed by atoms with E-state index in [0.29, 0.717) is 12.9 Å². The highest BCUT2D eigenvalue weighted by Crippen LogP contribution is 2.16. The van der Waals surface area contributed by atoms with Crippen molar-refractivity contribution in [1.29, 1.82) is 0 Å². The van der Waals surface area contributed by atoms with E-state index in [9.17, 15) is 9.59 Å². The first-order valence-electron chi connectivity index (χ1n) is 5.20. The summed E-state index contributed by atoms with van der Waals surface area (Å²) in [6, 6.07) is 0.220. The molecule has 0 aromatic heterocycles. The largest absolute Gasteiger partial charge is 0.461 e. The molecule has 1 fully saturated rings. The lowest BCUT2D eigenvalue weighted by atomic mass is 10.00. The molecule has 0 spiro atoms. The van der Waals surface area contributed by atoms with E-state index in [1.807, 2.05) is 19.1 Å². The molecular formula is C11H17NO3. The van der Waals surface area contributed by atoms with Crippen molar-refractivity contribution in [2.45, 2.75) is 38.8 Å². The van der Waals surface area contributed by atoms with Crippen LogP contribution in [0.1, 0.15) is 26.7 Å². The molecule has 1 aliphatic heterocycles. The summed E-state index contributed by atoms with van der Waals surface area (Å²) < 4.78 is 4.72. The van der Waals surface area contributed by atoms with Gasteiger partial charge in [-0.2, -0.15) is 0 Å². The number of carbonyl (C=O) groups excluding carboxylic acids is 2. The second-order valence-electron chi connectivity index (χ2n) is 3.89. The molecule has 0 radical (unpaired) electrons. The number of amides is 1. The van der Waals surface area contributed by atoms with E-state index in [0.717, 1.165) is 6.42 Å². The highest BCUT2D eigenvalue weighted by atomic mass is 16.5. The van der Waals surface area contributed by atoms with Crippen LogP contribution in [0.25, 0.3) is 0 Å². The predicted octanol–water partition coefficient (Wildman–Crippen LogP) is 1.02. The van der Waals surface area contributed by atoms with E-state index < -0.39 is 0 Å². The summed E-state index contributed by atoms with van der Waals surface area (Å²) in [5.74, 6) is 0.395. The standard InChI is InChI=1S/C11H17NO3/c1-8(3-4-9(2)15-7-13)10-5-6-11(14)12-10/h3-4,7-10H,5-6H2,1-2H3,(H,12,14). The van der Waals surface area contributed by atoms with Crippen molar-refractivity contribution < 1.29 is 14.3 Å². The fraction of sp³-hybridized carbons (Fsp3) is 0.636. The number of rotatable bonds is 5. The molecule has 1 aliphatic rings. The van der Waals surface area contributed by atoms with Crippen LogP contribution in [0.2, 0.25) is 0 Å². The highest BCUT2D eigenvalue weighted by molar-refractivity contribution is 5.78. The molecule has 0 aromatic rings. The Bertz CT molecular complexity index is 263. The number of carbonyl (C=O) groups is 2. The van der Waals surface area contributed by atoms with Crippen molar-refractivity contribution >= 4 is 12.4 Å². The molecule has 0 aromatic carbocycles. The molecule has 1 heterocycles. The second kappa shape index (κ2) is 5.53. The van der Waals surface area contributed by atoms with Crippen molar-refractivity contribution in [3.63, 3.8) is 0 Å². The van der Waals surface area contributed by atoms with Crippen LogP contribution in [0.3, 0.4) is 0 Å². The van der Waals surface area contributed by atoms with Crippen LogP contribution in [0, 0.1) is 5.92 Å². The first kappa shape index (κ1) is 11.8. The fourth-order valence-electron chi connectivity index (χ4n) is 1.63. The molecule has 1 saturated heterocycles. The van der Waals surface area contributed by atoms with E-state index >= 15 is 0 Å². The average molecular weight is 211 g/mol. The van der Waals surface area contributed by atoms with Gasteiger partial charge in [-0.25, -0.2) is 0 Å². The minimum Gasteiger partial charge on any atom is -0.461 e. The topological polar surface area (TPSA) is 55.4 Å². The van der Waals surface area contributed by atoms with Gasteiger partial charge in [0.1, 0.15) is 6.10 Å². The van der Waals surface area contributed by atoms with Crippen LogP contribution in [-0.4, -0.2) is 24.5 Å². The van der Waals surface area contributed by atoms with Crippen LogP contribution in [0.5, 0.6) is 0 Å². The summed E-state index contributed by atoms with van der Waals surface area (Å²) in [5.41, 5.74) is 0. The number of nitrogens with one attached hydrogen (secondary N) is 1. The van der Waals surface area contributed by atoms with E-state index in [-0.39, 0.29) is 24.0 Å². The molecule has 3 atom stereocenters. The minimum absolute atomic E-state index is 0.123. The lowest BCUT2D eigenvalue weighted by Gasteiger charge is -2.15. The van der Waals surface area contributed by atoms with Crippen molar-refractivity contribution in [3.8, 4) is 0 Å². The molecule has 1 rings (SSSR count). The molecule has 0 saturated carbocycles. The van der Waals surface area contributed by atoms with Crippen LogP contribution in [0.4, 0.5) is 0 Å². The Morgan fingerprint density at radius 1 is 1.47 bits per heavy atom. The number of hydrogen-bond acceptors (Lipinski definition) is 3. The summed E-state index contributed by atoms with van der Waals surface area (Å²) in [6.45, 7) is 4.28. The van der Waals surface area contributed by atoms with Gasteiger partial charge in [-0.05, 0) is 25.3 Å². The predicted molar refractivity (Wildman–Crippen MR) is 56.1 cm³/mol. The SMILES string of the molecule is CC(C=CC(C)C1CCC(=O)N1)OC=O. The first-order valence-corrected chi connectivity index (χ1v) is 5.20. The van der Waals surface area contributed by atoms with Gasteiger partial charge >= 0.3 is 0 Å². The number of ether oxygens (including phenoxy) is 1. The molecule has 84 valence electrons. The normalized spacial score (nSPS) is 24.9. The maximum absolute atomic E-state index is 11.0. The van der Waals surface area contributed by atoms with Crippen molar-refractivity contribution in [1.82, 2.24) is 5.32 Å². The van der Waals surface area contributed by atoms with Crippen LogP contribution < -0.4 is 5.32 Å². The maximum atomic E-state index is 11.0. The van der Waals surface area contributed by atoms with Crippen LogP contribution >= 0.6 is 0 Å². The van der Waals surface area contributed by atoms with Gasteiger partial charge in [0.2, 0.25) is 5.91 Å². The molecule has 4 heteroatoms. The van der Waals surface area contributed by atoms with E-state index in [2.05, 4.69) is 5.32 Å². The Labute approximate surface area is 89.7 Å². The minimum atomic E-state index is -0.206. The van der Waals surface area contributed by atoms with Gasteiger partial charge in [0.15, 0.2) is 0 Å². The summed E-state index contributed by atoms with van der Waals surface area (Å²) in [4.78, 5) is 21.0. The summed E-state index contributed by atoms with van der Waals surface area (Å²) >= 11 is 0. The monoisotopic (exact) mass is 211 g/mol. The maximum Gasteiger partial charge on any atom is 0.293 e. The third kappa shape index (κ3) is 3.73. The molecular weight excluding hydrogens is 194 g/mol. The molecule has 15 heavy (non-hydrogen) atoms. The summed E-state index contributed by atoms with van der Waals surface area (Å²) in [6.07, 6.45) is 5.10. The molecule has 1 amide bonds. The van der Waals surface area contributed by atoms with Crippen molar-refractivity contribution in [3.05, 3.63) is 12.2 Å². The molecule has 1 N–H and O–H groups in total. The van der Waals surface area contributed by atoms with Crippen molar-refractivity contribution in [2.75, 3.05) is 0 Å². The zero-order valence-corrected chi connectivity index (χ0v) is 9.10. The molecule has 0 aliphatic carbocycles. The summed E-state index contributed by atoms with van der Waals surface area (Å²) in [5, 5.41) is 2.91. The van der Waals surface area contributed by atoms with Gasteiger partial charge in [0.05, 0.1) is 0 Å². The first-order chi connectivity index (χ1) is 7.13. The Morgan fingerprint density at radius 3 is 2.73 bits per heavy atom. The second-order valence-corrected chi connectivity index (χ2v) is 3.89. The molecule has 4 nitrogen and oxygen atoms in total. The Morgan fingerprint density at radius 2 is 2.20 bits per heavy atom. The molecule has 3 unspecified atom stereocenters. The quantitative estimate of drug-likeness (QED) is 0.545. The van der Waals surface area contributed by atoms with Gasteiger partial charge in [-0.3, -0.25) is 9.59 Å². The Balaban J connectivity index is 2.37.